The summed E-state index contributed by atoms with van der Waals surface area (Å²) in [5, 5.41) is 10.1. The summed E-state index contributed by atoms with van der Waals surface area (Å²) in [7, 11) is 2.08. The van der Waals surface area contributed by atoms with Gasteiger partial charge in [-0.25, -0.2) is 4.98 Å². The van der Waals surface area contributed by atoms with Crippen molar-refractivity contribution < 1.29 is 0 Å². The van der Waals surface area contributed by atoms with Gasteiger partial charge < -0.3 is 9.47 Å². The molecular formula is C22H22Cl2N6. The Kier molecular flexibility index (Phi) is 4.52. The molecule has 0 bridgehead atoms. The first-order valence-corrected chi connectivity index (χ1v) is 10.7. The van der Waals surface area contributed by atoms with Crippen LogP contribution in [0.5, 0.6) is 0 Å². The molecule has 8 heteroatoms. The van der Waals surface area contributed by atoms with Crippen LogP contribution in [0.15, 0.2) is 42.7 Å². The maximum Gasteiger partial charge on any atom is 0.135 e. The van der Waals surface area contributed by atoms with Crippen LogP contribution in [-0.4, -0.2) is 31.1 Å². The molecule has 30 heavy (non-hydrogen) atoms. The van der Waals surface area contributed by atoms with Crippen LogP contribution in [0.4, 0.5) is 5.69 Å². The number of imidazole rings is 1. The van der Waals surface area contributed by atoms with Gasteiger partial charge in [0.25, 0.3) is 0 Å². The van der Waals surface area contributed by atoms with E-state index in [0.29, 0.717) is 5.02 Å². The van der Waals surface area contributed by atoms with Crippen molar-refractivity contribution in [1.29, 1.82) is 0 Å². The quantitative estimate of drug-likeness (QED) is 0.434. The summed E-state index contributed by atoms with van der Waals surface area (Å²) in [5.41, 5.74) is 4.64. The molecular weight excluding hydrogens is 419 g/mol. The number of nitrogens with zero attached hydrogens (tertiary/aromatic N) is 6. The Labute approximate surface area is 185 Å². The Morgan fingerprint density at radius 3 is 2.57 bits per heavy atom. The average molecular weight is 441 g/mol. The lowest BCUT2D eigenvalue weighted by Gasteiger charge is -2.37. The van der Waals surface area contributed by atoms with E-state index in [1.807, 2.05) is 37.3 Å². The number of fused-ring (bicyclic) bond motifs is 1. The van der Waals surface area contributed by atoms with Crippen molar-refractivity contribution in [3.63, 3.8) is 0 Å². The van der Waals surface area contributed by atoms with Crippen molar-refractivity contribution in [1.82, 2.24) is 24.5 Å². The second kappa shape index (κ2) is 7.00. The van der Waals surface area contributed by atoms with E-state index < -0.39 is 0 Å². The summed E-state index contributed by atoms with van der Waals surface area (Å²) in [6, 6.07) is 9.82. The van der Waals surface area contributed by atoms with Crippen LogP contribution in [0.1, 0.15) is 31.2 Å². The lowest BCUT2D eigenvalue weighted by Crippen LogP contribution is -2.41. The summed E-state index contributed by atoms with van der Waals surface area (Å²) in [5.74, 6) is 1.01. The van der Waals surface area contributed by atoms with Gasteiger partial charge in [-0.15, -0.1) is 4.80 Å². The van der Waals surface area contributed by atoms with Crippen molar-refractivity contribution in [2.75, 3.05) is 11.4 Å². The van der Waals surface area contributed by atoms with E-state index >= 15 is 0 Å². The predicted octanol–water partition coefficient (Wildman–Crippen LogP) is 5.28. The lowest BCUT2D eigenvalue weighted by atomic mass is 9.96. The summed E-state index contributed by atoms with van der Waals surface area (Å²) in [6.45, 7) is 5.17. The fourth-order valence-corrected chi connectivity index (χ4v) is 4.97. The minimum atomic E-state index is -0.306. The highest BCUT2D eigenvalue weighted by Crippen LogP contribution is 2.44. The maximum atomic E-state index is 6.42. The number of hydrogen-bond donors (Lipinski definition) is 0. The van der Waals surface area contributed by atoms with Gasteiger partial charge in [-0.3, -0.25) is 0 Å². The zero-order valence-corrected chi connectivity index (χ0v) is 18.6. The van der Waals surface area contributed by atoms with Crippen LogP contribution in [-0.2, 0) is 12.6 Å². The number of hydrogen-bond acceptors (Lipinski definition) is 4. The van der Waals surface area contributed by atoms with E-state index in [0.717, 1.165) is 58.2 Å². The molecule has 0 aliphatic carbocycles. The normalized spacial score (nSPS) is 19.2. The highest BCUT2D eigenvalue weighted by atomic mass is 35.5. The van der Waals surface area contributed by atoms with E-state index in [9.17, 15) is 0 Å². The van der Waals surface area contributed by atoms with Crippen molar-refractivity contribution in [2.24, 2.45) is 7.05 Å². The SMILES string of the molecule is Cc1c(Cl)ccc2c1nc([C@]1(C)CCCN1c1cc(Cl)ccc1-n1nccn1)n2C. The fourth-order valence-electron chi connectivity index (χ4n) is 4.65. The Bertz CT molecular complexity index is 1250. The van der Waals surface area contributed by atoms with E-state index in [-0.39, 0.29) is 5.54 Å². The number of benzene rings is 2. The minimum Gasteiger partial charge on any atom is -0.357 e. The van der Waals surface area contributed by atoms with Crippen LogP contribution in [0.25, 0.3) is 16.7 Å². The average Bonchev–Trinajstić information content (AvgIpc) is 3.45. The monoisotopic (exact) mass is 440 g/mol. The van der Waals surface area contributed by atoms with Crippen LogP contribution in [0.3, 0.4) is 0 Å². The topological polar surface area (TPSA) is 51.8 Å². The van der Waals surface area contributed by atoms with E-state index in [4.69, 9.17) is 28.2 Å². The predicted molar refractivity (Wildman–Crippen MR) is 121 cm³/mol. The summed E-state index contributed by atoms with van der Waals surface area (Å²) < 4.78 is 2.19. The highest BCUT2D eigenvalue weighted by molar-refractivity contribution is 6.32. The van der Waals surface area contributed by atoms with Gasteiger partial charge in [0.1, 0.15) is 11.5 Å². The second-order valence-electron chi connectivity index (χ2n) is 8.02. The molecule has 0 unspecified atom stereocenters. The Hall–Kier alpha value is -2.57. The van der Waals surface area contributed by atoms with Crippen LogP contribution < -0.4 is 4.90 Å². The smallest absolute Gasteiger partial charge is 0.135 e. The van der Waals surface area contributed by atoms with Gasteiger partial charge in [0.05, 0.1) is 34.7 Å². The van der Waals surface area contributed by atoms with Crippen LogP contribution in [0, 0.1) is 6.92 Å². The molecule has 1 fully saturated rings. The third kappa shape index (κ3) is 2.81. The lowest BCUT2D eigenvalue weighted by molar-refractivity contribution is 0.447. The van der Waals surface area contributed by atoms with Crippen molar-refractivity contribution in [3.05, 3.63) is 64.2 Å². The van der Waals surface area contributed by atoms with Crippen LogP contribution in [0.2, 0.25) is 10.0 Å². The fraction of sp³-hybridized carbons (Fsp3) is 0.318. The Balaban J connectivity index is 1.70. The highest BCUT2D eigenvalue weighted by Gasteiger charge is 2.43. The molecule has 0 spiro atoms. The molecule has 0 saturated carbocycles. The van der Waals surface area contributed by atoms with Gasteiger partial charge in [0, 0.05) is 23.6 Å². The maximum absolute atomic E-state index is 6.42. The first kappa shape index (κ1) is 19.4. The largest absolute Gasteiger partial charge is 0.357 e. The van der Waals surface area contributed by atoms with Gasteiger partial charge in [-0.2, -0.15) is 10.2 Å². The molecule has 5 rings (SSSR count). The summed E-state index contributed by atoms with van der Waals surface area (Å²) >= 11 is 12.8. The van der Waals surface area contributed by atoms with Crippen molar-refractivity contribution >= 4 is 39.9 Å². The second-order valence-corrected chi connectivity index (χ2v) is 8.86. The zero-order chi connectivity index (χ0) is 21.0. The summed E-state index contributed by atoms with van der Waals surface area (Å²) in [4.78, 5) is 9.11. The van der Waals surface area contributed by atoms with Gasteiger partial charge in [-0.05, 0) is 62.6 Å². The van der Waals surface area contributed by atoms with E-state index in [2.05, 4.69) is 33.6 Å². The van der Waals surface area contributed by atoms with E-state index in [1.54, 1.807) is 17.2 Å². The first-order valence-electron chi connectivity index (χ1n) is 9.96. The summed E-state index contributed by atoms with van der Waals surface area (Å²) in [6.07, 6.45) is 5.40. The molecule has 154 valence electrons. The number of anilines is 1. The standard InChI is InChI=1S/C22H22Cl2N6/c1-14-16(24)6-8-18-20(14)27-21(28(18)3)22(2)9-4-12-29(22)19-13-15(23)5-7-17(19)30-25-10-11-26-30/h5-8,10-11,13H,4,9,12H2,1-3H3/t22-/m0/s1. The number of aromatic nitrogens is 5. The molecule has 0 N–H and O–H groups in total. The van der Waals surface area contributed by atoms with Crippen molar-refractivity contribution in [3.8, 4) is 5.69 Å². The molecule has 1 atom stereocenters. The van der Waals surface area contributed by atoms with Crippen molar-refractivity contribution in [2.45, 2.75) is 32.2 Å². The minimum absolute atomic E-state index is 0.306. The molecule has 2 aromatic heterocycles. The molecule has 1 saturated heterocycles. The van der Waals surface area contributed by atoms with Gasteiger partial charge in [0.2, 0.25) is 0 Å². The molecule has 1 aliphatic rings. The number of halogens is 2. The number of rotatable bonds is 3. The Morgan fingerprint density at radius 1 is 1.03 bits per heavy atom. The number of aryl methyl sites for hydroxylation is 2. The van der Waals surface area contributed by atoms with E-state index in [1.165, 1.54) is 0 Å². The Morgan fingerprint density at radius 2 is 1.80 bits per heavy atom. The third-order valence-electron chi connectivity index (χ3n) is 6.23. The molecule has 4 aromatic rings. The molecule has 6 nitrogen and oxygen atoms in total. The molecule has 3 heterocycles. The third-order valence-corrected chi connectivity index (χ3v) is 6.87. The molecule has 2 aromatic carbocycles. The first-order chi connectivity index (χ1) is 14.4. The molecule has 1 aliphatic heterocycles. The van der Waals surface area contributed by atoms with Gasteiger partial charge >= 0.3 is 0 Å². The zero-order valence-electron chi connectivity index (χ0n) is 17.1. The van der Waals surface area contributed by atoms with Gasteiger partial charge in [-0.1, -0.05) is 23.2 Å². The molecule has 0 amide bonds. The van der Waals surface area contributed by atoms with Crippen LogP contribution >= 0.6 is 23.2 Å². The van der Waals surface area contributed by atoms with Gasteiger partial charge in [0.15, 0.2) is 0 Å². The molecule has 0 radical (unpaired) electrons.